The van der Waals surface area contributed by atoms with Gasteiger partial charge in [-0.2, -0.15) is 0 Å². The van der Waals surface area contributed by atoms with Crippen molar-refractivity contribution in [3.63, 3.8) is 0 Å². The van der Waals surface area contributed by atoms with E-state index in [1.165, 1.54) is 0 Å². The van der Waals surface area contributed by atoms with Gasteiger partial charge in [0, 0.05) is 17.7 Å². The smallest absolute Gasteiger partial charge is 0.214 e. The molecule has 1 rings (SSSR count). The molecule has 0 unspecified atom stereocenters. The topological polar surface area (TPSA) is 20.3 Å². The van der Waals surface area contributed by atoms with Crippen molar-refractivity contribution in [2.75, 3.05) is 6.54 Å². The number of hydrogen-bond donors (Lipinski definition) is 0. The molecule has 16 heavy (non-hydrogen) atoms. The summed E-state index contributed by atoms with van der Waals surface area (Å²) in [6.45, 7) is 7.21. The molecule has 0 saturated carbocycles. The summed E-state index contributed by atoms with van der Waals surface area (Å²) in [5, 5.41) is 0. The first kappa shape index (κ1) is 12.8. The Balaban J connectivity index is 2.83. The van der Waals surface area contributed by atoms with Crippen molar-refractivity contribution in [3.05, 3.63) is 36.1 Å². The Hall–Kier alpha value is -1.31. The van der Waals surface area contributed by atoms with Crippen LogP contribution < -0.4 is 0 Å². The summed E-state index contributed by atoms with van der Waals surface area (Å²) in [5.74, 6) is 0. The van der Waals surface area contributed by atoms with Crippen LogP contribution in [0.4, 0.5) is 0 Å². The van der Waals surface area contributed by atoms with Gasteiger partial charge in [-0.15, -0.1) is 0 Å². The second kappa shape index (κ2) is 5.69. The molecule has 0 aliphatic heterocycles. The summed E-state index contributed by atoms with van der Waals surface area (Å²) in [6.07, 6.45) is 13.4. The van der Waals surface area contributed by atoms with E-state index in [4.69, 9.17) is 0 Å². The fourth-order valence-corrected chi connectivity index (χ4v) is 1.68. The van der Waals surface area contributed by atoms with Gasteiger partial charge in [-0.05, 0) is 12.5 Å². The summed E-state index contributed by atoms with van der Waals surface area (Å²) in [4.78, 5) is 12.9. The Labute approximate surface area is 98.3 Å². The molecule has 0 aromatic heterocycles. The van der Waals surface area contributed by atoms with Crippen molar-refractivity contribution in [3.8, 4) is 0 Å². The van der Waals surface area contributed by atoms with Gasteiger partial charge in [0.15, 0.2) is 0 Å². The lowest BCUT2D eigenvalue weighted by molar-refractivity contribution is -0.116. The summed E-state index contributed by atoms with van der Waals surface area (Å²) in [7, 11) is 0. The van der Waals surface area contributed by atoms with Gasteiger partial charge in [0.2, 0.25) is 6.41 Å². The van der Waals surface area contributed by atoms with Gasteiger partial charge in [-0.3, -0.25) is 4.79 Å². The molecule has 1 amide bonds. The molecule has 0 aromatic rings. The predicted octanol–water partition coefficient (Wildman–Crippen LogP) is 3.28. The number of rotatable bonds is 5. The van der Waals surface area contributed by atoms with Gasteiger partial charge < -0.3 is 4.90 Å². The number of nitrogens with zero attached hydrogens (tertiary/aromatic N) is 1. The minimum Gasteiger partial charge on any atom is -0.315 e. The highest BCUT2D eigenvalue weighted by Crippen LogP contribution is 2.25. The highest BCUT2D eigenvalue weighted by atomic mass is 16.1. The molecule has 2 heteroatoms. The van der Waals surface area contributed by atoms with Crippen molar-refractivity contribution >= 4 is 6.41 Å². The van der Waals surface area contributed by atoms with Crippen molar-refractivity contribution in [2.24, 2.45) is 5.41 Å². The van der Waals surface area contributed by atoms with E-state index in [0.717, 1.165) is 31.5 Å². The van der Waals surface area contributed by atoms with Gasteiger partial charge in [0.1, 0.15) is 0 Å². The fraction of sp³-hybridized carbons (Fsp3) is 0.500. The Kier molecular flexibility index (Phi) is 4.53. The highest BCUT2D eigenvalue weighted by Gasteiger charge is 2.15. The third-order valence-corrected chi connectivity index (χ3v) is 2.64. The van der Waals surface area contributed by atoms with Crippen molar-refractivity contribution in [1.82, 2.24) is 4.90 Å². The van der Waals surface area contributed by atoms with E-state index in [1.807, 2.05) is 18.2 Å². The maximum Gasteiger partial charge on any atom is 0.214 e. The van der Waals surface area contributed by atoms with E-state index in [0.29, 0.717) is 0 Å². The number of amides is 1. The largest absolute Gasteiger partial charge is 0.315 e. The van der Waals surface area contributed by atoms with E-state index < -0.39 is 0 Å². The first-order valence-electron chi connectivity index (χ1n) is 5.90. The van der Waals surface area contributed by atoms with Crippen LogP contribution in [0, 0.1) is 5.41 Å². The summed E-state index contributed by atoms with van der Waals surface area (Å²) < 4.78 is 0. The van der Waals surface area contributed by atoms with Gasteiger partial charge in [-0.25, -0.2) is 0 Å². The molecule has 0 aromatic carbocycles. The lowest BCUT2D eigenvalue weighted by atomic mass is 9.92. The monoisotopic (exact) mass is 219 g/mol. The maximum atomic E-state index is 11.1. The molecule has 88 valence electrons. The van der Waals surface area contributed by atoms with E-state index >= 15 is 0 Å². The van der Waals surface area contributed by atoms with E-state index in [9.17, 15) is 4.79 Å². The van der Waals surface area contributed by atoms with Crippen molar-refractivity contribution < 1.29 is 4.79 Å². The molecule has 0 spiro atoms. The molecule has 0 bridgehead atoms. The van der Waals surface area contributed by atoms with Crippen molar-refractivity contribution in [2.45, 2.75) is 33.6 Å². The van der Waals surface area contributed by atoms with Crippen LogP contribution in [-0.2, 0) is 4.79 Å². The highest BCUT2D eigenvalue weighted by molar-refractivity contribution is 5.53. The predicted molar refractivity (Wildman–Crippen MR) is 67.8 cm³/mol. The van der Waals surface area contributed by atoms with Gasteiger partial charge in [0.05, 0.1) is 0 Å². The molecule has 0 N–H and O–H groups in total. The first-order chi connectivity index (χ1) is 7.59. The number of carbonyl (C=O) groups is 1. The van der Waals surface area contributed by atoms with E-state index in [2.05, 4.69) is 32.9 Å². The quantitative estimate of drug-likeness (QED) is 0.650. The standard InChI is InChI=1S/C14H21NO/c1-4-5-10-15(12-16)13-8-6-7-9-14(2,3)11-13/h6-9,11-12H,4-5,10H2,1-3H3. The van der Waals surface area contributed by atoms with Crippen LogP contribution in [0.15, 0.2) is 36.1 Å². The zero-order valence-electron chi connectivity index (χ0n) is 10.4. The molecule has 0 fully saturated rings. The van der Waals surface area contributed by atoms with E-state index in [-0.39, 0.29) is 5.41 Å². The van der Waals surface area contributed by atoms with Gasteiger partial charge >= 0.3 is 0 Å². The van der Waals surface area contributed by atoms with Crippen LogP contribution in [0.2, 0.25) is 0 Å². The Morgan fingerprint density at radius 1 is 1.38 bits per heavy atom. The molecule has 0 atom stereocenters. The Morgan fingerprint density at radius 2 is 2.12 bits per heavy atom. The van der Waals surface area contributed by atoms with Gasteiger partial charge in [-0.1, -0.05) is 51.5 Å². The molecule has 0 heterocycles. The number of allylic oxidation sites excluding steroid dienone is 5. The molecular formula is C14H21NO. The summed E-state index contributed by atoms with van der Waals surface area (Å²) in [6, 6.07) is 0. The molecule has 1 aliphatic rings. The Bertz CT molecular complexity index is 324. The average Bonchev–Trinajstić information content (AvgIpc) is 2.41. The molecule has 1 aliphatic carbocycles. The summed E-state index contributed by atoms with van der Waals surface area (Å²) in [5.41, 5.74) is 1.00. The second-order valence-electron chi connectivity index (χ2n) is 4.76. The minimum absolute atomic E-state index is 0.00626. The van der Waals surface area contributed by atoms with Crippen LogP contribution in [0.3, 0.4) is 0 Å². The maximum absolute atomic E-state index is 11.1. The Morgan fingerprint density at radius 3 is 2.75 bits per heavy atom. The number of hydrogen-bond acceptors (Lipinski definition) is 1. The molecule has 0 radical (unpaired) electrons. The third kappa shape index (κ3) is 3.69. The molecule has 2 nitrogen and oxygen atoms in total. The summed E-state index contributed by atoms with van der Waals surface area (Å²) >= 11 is 0. The lowest BCUT2D eigenvalue weighted by Gasteiger charge is -2.22. The number of unbranched alkanes of at least 4 members (excludes halogenated alkanes) is 1. The van der Waals surface area contributed by atoms with Crippen LogP contribution in [-0.4, -0.2) is 17.9 Å². The van der Waals surface area contributed by atoms with Crippen LogP contribution in [0.5, 0.6) is 0 Å². The zero-order chi connectivity index (χ0) is 12.0. The first-order valence-corrected chi connectivity index (χ1v) is 5.90. The normalized spacial score (nSPS) is 17.8. The minimum atomic E-state index is 0.00626. The van der Waals surface area contributed by atoms with Crippen molar-refractivity contribution in [1.29, 1.82) is 0 Å². The fourth-order valence-electron chi connectivity index (χ4n) is 1.68. The van der Waals surface area contributed by atoms with Gasteiger partial charge in [0.25, 0.3) is 0 Å². The van der Waals surface area contributed by atoms with Crippen LogP contribution >= 0.6 is 0 Å². The molecular weight excluding hydrogens is 198 g/mol. The van der Waals surface area contributed by atoms with E-state index in [1.54, 1.807) is 4.90 Å². The zero-order valence-corrected chi connectivity index (χ0v) is 10.4. The van der Waals surface area contributed by atoms with Crippen LogP contribution in [0.25, 0.3) is 0 Å². The lowest BCUT2D eigenvalue weighted by Crippen LogP contribution is -2.22. The molecule has 0 saturated heterocycles. The van der Waals surface area contributed by atoms with Crippen LogP contribution in [0.1, 0.15) is 33.6 Å². The third-order valence-electron chi connectivity index (χ3n) is 2.64. The SMILES string of the molecule is CCCCN(C=O)C1=CC(C)(C)C=CC=C1. The second-order valence-corrected chi connectivity index (χ2v) is 4.76. The number of carbonyl (C=O) groups excluding carboxylic acids is 1. The average molecular weight is 219 g/mol.